The zero-order chi connectivity index (χ0) is 14.4. The number of carbonyl (C=O) groups is 2. The van der Waals surface area contributed by atoms with Crippen molar-refractivity contribution < 1.29 is 14.0 Å². The van der Waals surface area contributed by atoms with Gasteiger partial charge < -0.3 is 0 Å². The van der Waals surface area contributed by atoms with Crippen LogP contribution < -0.4 is 4.90 Å². The monoisotopic (exact) mass is 375 g/mol. The van der Waals surface area contributed by atoms with Gasteiger partial charge >= 0.3 is 0 Å². The Morgan fingerprint density at radius 2 is 2.10 bits per heavy atom. The smallest absolute Gasteiger partial charge is 0.297 e. The van der Waals surface area contributed by atoms with Gasteiger partial charge in [-0.25, -0.2) is 4.39 Å². The van der Waals surface area contributed by atoms with Gasteiger partial charge in [-0.15, -0.1) is 10.2 Å². The van der Waals surface area contributed by atoms with Gasteiger partial charge in [0.1, 0.15) is 10.8 Å². The van der Waals surface area contributed by atoms with Gasteiger partial charge in [0.25, 0.3) is 11.7 Å². The number of nitrogens with zero attached hydrogens (tertiary/aromatic N) is 3. The van der Waals surface area contributed by atoms with Gasteiger partial charge in [-0.2, -0.15) is 0 Å². The number of aromatic nitrogens is 2. The summed E-state index contributed by atoms with van der Waals surface area (Å²) in [5.74, 6) is -2.05. The predicted octanol–water partition coefficient (Wildman–Crippen LogP) is 2.82. The molecule has 20 heavy (non-hydrogen) atoms. The van der Waals surface area contributed by atoms with E-state index < -0.39 is 17.5 Å². The first kappa shape index (κ1) is 13.6. The number of fused-ring (bicyclic) bond motifs is 1. The average molecular weight is 377 g/mol. The third-order valence-electron chi connectivity index (χ3n) is 2.72. The van der Waals surface area contributed by atoms with Gasteiger partial charge in [-0.1, -0.05) is 11.3 Å². The molecule has 2 aromatic rings. The summed E-state index contributed by atoms with van der Waals surface area (Å²) in [6.07, 6.45) is 0. The molecular weight excluding hydrogens is 373 g/mol. The third kappa shape index (κ3) is 2.13. The molecule has 9 heteroatoms. The molecule has 0 N–H and O–H groups in total. The summed E-state index contributed by atoms with van der Waals surface area (Å²) in [5, 5.41) is 7.92. The predicted molar refractivity (Wildman–Crippen MR) is 74.5 cm³/mol. The molecule has 0 spiro atoms. The van der Waals surface area contributed by atoms with Crippen LogP contribution in [0.4, 0.5) is 10.1 Å². The van der Waals surface area contributed by atoms with Crippen LogP contribution in [0.15, 0.2) is 16.6 Å². The van der Waals surface area contributed by atoms with Crippen LogP contribution in [-0.2, 0) is 11.3 Å². The molecular formula is C11H4BrClFN3O2S. The SMILES string of the molecule is O=C1C(=O)N(Cc2nnc(Cl)s2)c2c(Br)cc(F)cc21. The van der Waals surface area contributed by atoms with Crippen LogP contribution in [0.1, 0.15) is 15.4 Å². The third-order valence-corrected chi connectivity index (χ3v) is 4.33. The lowest BCUT2D eigenvalue weighted by atomic mass is 10.1. The Labute approximate surface area is 129 Å². The zero-order valence-electron chi connectivity index (χ0n) is 9.56. The van der Waals surface area contributed by atoms with E-state index in [4.69, 9.17) is 11.6 Å². The summed E-state index contributed by atoms with van der Waals surface area (Å²) in [4.78, 5) is 25.1. The van der Waals surface area contributed by atoms with Crippen molar-refractivity contribution in [2.45, 2.75) is 6.54 Å². The molecule has 1 aliphatic heterocycles. The van der Waals surface area contributed by atoms with E-state index in [2.05, 4.69) is 26.1 Å². The lowest BCUT2D eigenvalue weighted by molar-refractivity contribution is -0.114. The second kappa shape index (κ2) is 4.87. The number of hydrogen-bond donors (Lipinski definition) is 0. The van der Waals surface area contributed by atoms with Gasteiger partial charge in [-0.3, -0.25) is 14.5 Å². The molecule has 0 radical (unpaired) electrons. The summed E-state index contributed by atoms with van der Waals surface area (Å²) in [5.41, 5.74) is 0.380. The van der Waals surface area contributed by atoms with E-state index in [0.717, 1.165) is 17.4 Å². The van der Waals surface area contributed by atoms with Crippen LogP contribution in [0.25, 0.3) is 0 Å². The van der Waals surface area contributed by atoms with Crippen molar-refractivity contribution in [3.8, 4) is 0 Å². The maximum atomic E-state index is 13.3. The van der Waals surface area contributed by atoms with E-state index in [1.54, 1.807) is 0 Å². The van der Waals surface area contributed by atoms with Crippen LogP contribution in [-0.4, -0.2) is 21.9 Å². The minimum absolute atomic E-state index is 0.0393. The minimum atomic E-state index is -0.740. The van der Waals surface area contributed by atoms with Crippen molar-refractivity contribution >= 4 is 56.2 Å². The van der Waals surface area contributed by atoms with E-state index in [0.29, 0.717) is 15.2 Å². The van der Waals surface area contributed by atoms with Gasteiger partial charge in [0.2, 0.25) is 4.47 Å². The number of amides is 1. The Morgan fingerprint density at radius 3 is 2.75 bits per heavy atom. The maximum absolute atomic E-state index is 13.3. The van der Waals surface area contributed by atoms with Crippen molar-refractivity contribution in [2.75, 3.05) is 4.90 Å². The van der Waals surface area contributed by atoms with Crippen LogP contribution in [0.2, 0.25) is 4.47 Å². The molecule has 1 aromatic carbocycles. The highest BCUT2D eigenvalue weighted by Gasteiger charge is 2.38. The molecule has 102 valence electrons. The Kier molecular flexibility index (Phi) is 3.31. The summed E-state index contributed by atoms with van der Waals surface area (Å²) >= 11 is 9.96. The molecule has 1 amide bonds. The van der Waals surface area contributed by atoms with Crippen LogP contribution >= 0.6 is 38.9 Å². The van der Waals surface area contributed by atoms with E-state index in [9.17, 15) is 14.0 Å². The molecule has 0 unspecified atom stereocenters. The fraction of sp³-hybridized carbons (Fsp3) is 0.0909. The number of ketones is 1. The van der Waals surface area contributed by atoms with Crippen molar-refractivity contribution in [1.82, 2.24) is 10.2 Å². The minimum Gasteiger partial charge on any atom is -0.297 e. The van der Waals surface area contributed by atoms with Crippen molar-refractivity contribution in [3.05, 3.63) is 37.5 Å². The first-order valence-electron chi connectivity index (χ1n) is 5.30. The number of carbonyl (C=O) groups excluding carboxylic acids is 2. The topological polar surface area (TPSA) is 63.2 Å². The Morgan fingerprint density at radius 1 is 1.35 bits per heavy atom. The second-order valence-electron chi connectivity index (χ2n) is 3.95. The molecule has 0 aliphatic carbocycles. The van der Waals surface area contributed by atoms with Crippen LogP contribution in [0.3, 0.4) is 0 Å². The summed E-state index contributed by atoms with van der Waals surface area (Å²) in [6, 6.07) is 2.25. The van der Waals surface area contributed by atoms with Crippen molar-refractivity contribution in [3.63, 3.8) is 0 Å². The summed E-state index contributed by atoms with van der Waals surface area (Å²) < 4.78 is 13.9. The van der Waals surface area contributed by atoms with Gasteiger partial charge in [0.05, 0.1) is 17.8 Å². The summed E-state index contributed by atoms with van der Waals surface area (Å²) in [6.45, 7) is 0.0617. The fourth-order valence-corrected chi connectivity index (χ4v) is 3.44. The van der Waals surface area contributed by atoms with Crippen LogP contribution in [0.5, 0.6) is 0 Å². The molecule has 1 aliphatic rings. The Balaban J connectivity index is 2.06. The number of benzene rings is 1. The second-order valence-corrected chi connectivity index (χ2v) is 6.45. The molecule has 3 rings (SSSR count). The quantitative estimate of drug-likeness (QED) is 0.756. The first-order valence-corrected chi connectivity index (χ1v) is 7.29. The number of Topliss-reactive ketones (excluding diaryl/α,β-unsaturated/α-hetero) is 1. The van der Waals surface area contributed by atoms with E-state index in [1.165, 1.54) is 11.0 Å². The van der Waals surface area contributed by atoms with Crippen molar-refractivity contribution in [2.24, 2.45) is 0 Å². The zero-order valence-corrected chi connectivity index (χ0v) is 12.7. The van der Waals surface area contributed by atoms with Crippen molar-refractivity contribution in [1.29, 1.82) is 0 Å². The molecule has 0 saturated carbocycles. The molecule has 1 aromatic heterocycles. The van der Waals surface area contributed by atoms with Gasteiger partial charge in [0.15, 0.2) is 0 Å². The lowest BCUT2D eigenvalue weighted by Crippen LogP contribution is -2.29. The highest BCUT2D eigenvalue weighted by atomic mass is 79.9. The highest BCUT2D eigenvalue weighted by molar-refractivity contribution is 9.10. The van der Waals surface area contributed by atoms with E-state index in [1.807, 2.05) is 0 Å². The standard InChI is InChI=1S/C11H4BrClFN3O2S/c12-6-2-4(14)1-5-8(6)17(10(19)9(5)18)3-7-15-16-11(13)20-7/h1-2H,3H2. The normalized spacial score (nSPS) is 14.1. The number of anilines is 1. The first-order chi connectivity index (χ1) is 9.47. The molecule has 0 bridgehead atoms. The number of halogens is 3. The average Bonchev–Trinajstić information content (AvgIpc) is 2.88. The van der Waals surface area contributed by atoms with Gasteiger partial charge in [-0.05, 0) is 39.7 Å². The number of rotatable bonds is 2. The lowest BCUT2D eigenvalue weighted by Gasteiger charge is -2.15. The van der Waals surface area contributed by atoms with E-state index in [-0.39, 0.29) is 16.6 Å². The largest absolute Gasteiger partial charge is 0.299 e. The number of hydrogen-bond acceptors (Lipinski definition) is 5. The summed E-state index contributed by atoms with van der Waals surface area (Å²) in [7, 11) is 0. The molecule has 0 atom stereocenters. The maximum Gasteiger partial charge on any atom is 0.299 e. The fourth-order valence-electron chi connectivity index (χ4n) is 1.94. The van der Waals surface area contributed by atoms with Gasteiger partial charge in [0, 0.05) is 4.47 Å². The highest BCUT2D eigenvalue weighted by Crippen LogP contribution is 2.38. The molecule has 5 nitrogen and oxygen atoms in total. The molecule has 0 saturated heterocycles. The Hall–Kier alpha value is -1.38. The Bertz CT molecular complexity index is 751. The molecule has 2 heterocycles. The van der Waals surface area contributed by atoms with Crippen LogP contribution in [0, 0.1) is 5.82 Å². The van der Waals surface area contributed by atoms with E-state index >= 15 is 0 Å². The molecule has 0 fully saturated rings.